The number of alkyl halides is 3. The largest absolute Gasteiger partial charge is 0.416 e. The molecule has 25 heavy (non-hydrogen) atoms. The van der Waals surface area contributed by atoms with Crippen molar-refractivity contribution in [2.75, 3.05) is 5.32 Å². The molecule has 0 amide bonds. The van der Waals surface area contributed by atoms with Gasteiger partial charge >= 0.3 is 6.18 Å². The van der Waals surface area contributed by atoms with Gasteiger partial charge in [-0.05, 0) is 54.5 Å². The molecule has 130 valence electrons. The van der Waals surface area contributed by atoms with Crippen LogP contribution in [0, 0.1) is 19.8 Å². The molecule has 1 nitrogen and oxygen atoms in total. The number of rotatable bonds is 1. The Morgan fingerprint density at radius 2 is 1.72 bits per heavy atom. The molecule has 0 unspecified atom stereocenters. The summed E-state index contributed by atoms with van der Waals surface area (Å²) in [6.07, 6.45) is 0.722. The molecule has 0 fully saturated rings. The second-order valence-electron chi connectivity index (χ2n) is 7.05. The Hall–Kier alpha value is -2.23. The number of benzene rings is 2. The first kappa shape index (κ1) is 16.2. The van der Waals surface area contributed by atoms with Gasteiger partial charge in [-0.1, -0.05) is 42.5 Å². The molecule has 2 aromatic carbocycles. The van der Waals surface area contributed by atoms with E-state index >= 15 is 0 Å². The van der Waals surface area contributed by atoms with Crippen LogP contribution in [0.2, 0.25) is 0 Å². The van der Waals surface area contributed by atoms with Gasteiger partial charge < -0.3 is 5.32 Å². The highest BCUT2D eigenvalue weighted by Gasteiger charge is 2.43. The predicted octanol–water partition coefficient (Wildman–Crippen LogP) is 6.15. The second kappa shape index (κ2) is 5.65. The van der Waals surface area contributed by atoms with Crippen LogP contribution in [0.1, 0.15) is 46.2 Å². The summed E-state index contributed by atoms with van der Waals surface area (Å²) in [4.78, 5) is 0. The van der Waals surface area contributed by atoms with Gasteiger partial charge in [-0.2, -0.15) is 13.2 Å². The quantitative estimate of drug-likeness (QED) is 0.613. The van der Waals surface area contributed by atoms with Gasteiger partial charge in [0.1, 0.15) is 0 Å². The van der Waals surface area contributed by atoms with Crippen molar-refractivity contribution in [1.82, 2.24) is 0 Å². The topological polar surface area (TPSA) is 12.0 Å². The number of hydrogen-bond acceptors (Lipinski definition) is 1. The molecule has 0 radical (unpaired) electrons. The zero-order chi connectivity index (χ0) is 17.8. The number of nitrogens with one attached hydrogen (secondary N) is 1. The molecule has 0 saturated carbocycles. The molecule has 1 aliphatic carbocycles. The lowest BCUT2D eigenvalue weighted by atomic mass is 9.74. The van der Waals surface area contributed by atoms with Crippen molar-refractivity contribution in [2.45, 2.75) is 38.4 Å². The van der Waals surface area contributed by atoms with Crippen LogP contribution in [0.5, 0.6) is 0 Å². The van der Waals surface area contributed by atoms with Crippen molar-refractivity contribution < 1.29 is 13.2 Å². The van der Waals surface area contributed by atoms with E-state index < -0.39 is 11.7 Å². The van der Waals surface area contributed by atoms with Gasteiger partial charge in [0.15, 0.2) is 0 Å². The highest BCUT2D eigenvalue weighted by Crippen LogP contribution is 2.53. The van der Waals surface area contributed by atoms with Gasteiger partial charge in [0.25, 0.3) is 0 Å². The molecule has 0 bridgehead atoms. The van der Waals surface area contributed by atoms with E-state index in [0.29, 0.717) is 5.56 Å². The minimum Gasteiger partial charge on any atom is -0.377 e. The van der Waals surface area contributed by atoms with E-state index in [0.717, 1.165) is 17.7 Å². The summed E-state index contributed by atoms with van der Waals surface area (Å²) < 4.78 is 40.6. The zero-order valence-electron chi connectivity index (χ0n) is 14.2. The van der Waals surface area contributed by atoms with Crippen molar-refractivity contribution >= 4 is 5.69 Å². The van der Waals surface area contributed by atoms with Crippen LogP contribution < -0.4 is 5.32 Å². The Kier molecular flexibility index (Phi) is 3.67. The van der Waals surface area contributed by atoms with E-state index in [1.165, 1.54) is 23.3 Å². The van der Waals surface area contributed by atoms with Crippen LogP contribution in [0.25, 0.3) is 0 Å². The highest BCUT2D eigenvalue weighted by atomic mass is 19.4. The van der Waals surface area contributed by atoms with E-state index in [4.69, 9.17) is 0 Å². The average molecular weight is 343 g/mol. The fourth-order valence-corrected chi connectivity index (χ4v) is 4.38. The van der Waals surface area contributed by atoms with Gasteiger partial charge in [0, 0.05) is 11.6 Å². The maximum Gasteiger partial charge on any atom is 0.416 e. The lowest BCUT2D eigenvalue weighted by Crippen LogP contribution is -2.31. The maximum absolute atomic E-state index is 13.5. The summed E-state index contributed by atoms with van der Waals surface area (Å²) in [7, 11) is 0. The van der Waals surface area contributed by atoms with Crippen LogP contribution >= 0.6 is 0 Å². The number of aryl methyl sites for hydroxylation is 2. The molecule has 2 aromatic rings. The van der Waals surface area contributed by atoms with Crippen LogP contribution in [0.15, 0.2) is 48.6 Å². The van der Waals surface area contributed by atoms with E-state index in [-0.39, 0.29) is 17.9 Å². The molecule has 4 heteroatoms. The summed E-state index contributed by atoms with van der Waals surface area (Å²) in [5.74, 6) is 0.277. The number of allylic oxidation sites excluding steroid dienone is 2. The van der Waals surface area contributed by atoms with Gasteiger partial charge in [-0.15, -0.1) is 0 Å². The molecule has 2 aliphatic rings. The maximum atomic E-state index is 13.5. The summed E-state index contributed by atoms with van der Waals surface area (Å²) in [5.41, 5.74) is 4.31. The third-order valence-electron chi connectivity index (χ3n) is 5.55. The minimum atomic E-state index is -4.35. The normalized spacial score (nSPS) is 24.6. The Morgan fingerprint density at radius 3 is 2.48 bits per heavy atom. The van der Waals surface area contributed by atoms with Gasteiger partial charge in [0.05, 0.1) is 11.6 Å². The lowest BCUT2D eigenvalue weighted by Gasteiger charge is -2.40. The smallest absolute Gasteiger partial charge is 0.377 e. The summed E-state index contributed by atoms with van der Waals surface area (Å²) >= 11 is 0. The van der Waals surface area contributed by atoms with Crippen LogP contribution in [-0.4, -0.2) is 0 Å². The third kappa shape index (κ3) is 2.55. The molecule has 3 atom stereocenters. The van der Waals surface area contributed by atoms with Crippen LogP contribution in [0.4, 0.5) is 18.9 Å². The van der Waals surface area contributed by atoms with E-state index in [2.05, 4.69) is 30.5 Å². The number of hydrogen-bond donors (Lipinski definition) is 1. The van der Waals surface area contributed by atoms with Crippen molar-refractivity contribution in [3.8, 4) is 0 Å². The van der Waals surface area contributed by atoms with E-state index in [1.54, 1.807) is 12.1 Å². The number of anilines is 1. The number of halogens is 3. The van der Waals surface area contributed by atoms with E-state index in [1.807, 2.05) is 13.0 Å². The van der Waals surface area contributed by atoms with Gasteiger partial charge in [0.2, 0.25) is 0 Å². The van der Waals surface area contributed by atoms with Crippen molar-refractivity contribution in [3.63, 3.8) is 0 Å². The summed E-state index contributed by atoms with van der Waals surface area (Å²) in [6.45, 7) is 4.09. The highest BCUT2D eigenvalue weighted by molar-refractivity contribution is 5.66. The minimum absolute atomic E-state index is 0.108. The molecule has 1 heterocycles. The molecular formula is C21H20F3N. The molecule has 0 spiro atoms. The molecule has 4 rings (SSSR count). The van der Waals surface area contributed by atoms with Gasteiger partial charge in [-0.25, -0.2) is 0 Å². The fraction of sp³-hybridized carbons (Fsp3) is 0.333. The predicted molar refractivity (Wildman–Crippen MR) is 93.7 cm³/mol. The average Bonchev–Trinajstić information content (AvgIpc) is 3.06. The fourth-order valence-electron chi connectivity index (χ4n) is 4.38. The zero-order valence-corrected chi connectivity index (χ0v) is 14.2. The monoisotopic (exact) mass is 343 g/mol. The molecule has 1 N–H and O–H groups in total. The Labute approximate surface area is 145 Å². The SMILES string of the molecule is Cc1ccc(C)c2c1N[C@H](c1ccccc1C(F)(F)F)[C@H]1CC=C[C@@H]21. The van der Waals surface area contributed by atoms with Crippen molar-refractivity contribution in [2.24, 2.45) is 5.92 Å². The standard InChI is InChI=1S/C21H20F3N/c1-12-10-11-13(2)19-18(12)14-7-5-8-15(14)20(25-19)16-6-3-4-9-17(16)21(22,23)24/h3-7,9-11,14-15,20,25H,8H2,1-2H3/t14-,15+,20+/m1/s1. The summed E-state index contributed by atoms with van der Waals surface area (Å²) in [5, 5.41) is 3.47. The van der Waals surface area contributed by atoms with Crippen LogP contribution in [0.3, 0.4) is 0 Å². The van der Waals surface area contributed by atoms with Crippen molar-refractivity contribution in [3.05, 3.63) is 76.4 Å². The van der Waals surface area contributed by atoms with E-state index in [9.17, 15) is 13.2 Å². The van der Waals surface area contributed by atoms with Crippen molar-refractivity contribution in [1.29, 1.82) is 0 Å². The second-order valence-corrected chi connectivity index (χ2v) is 7.05. The third-order valence-corrected chi connectivity index (χ3v) is 5.55. The van der Waals surface area contributed by atoms with Gasteiger partial charge in [-0.3, -0.25) is 0 Å². The molecule has 1 aliphatic heterocycles. The first-order chi connectivity index (χ1) is 11.9. The molecule has 0 aromatic heterocycles. The van der Waals surface area contributed by atoms with Crippen LogP contribution in [-0.2, 0) is 6.18 Å². The number of fused-ring (bicyclic) bond motifs is 3. The first-order valence-corrected chi connectivity index (χ1v) is 8.57. The lowest BCUT2D eigenvalue weighted by molar-refractivity contribution is -0.138. The molecular weight excluding hydrogens is 323 g/mol. The Bertz CT molecular complexity index is 851. The summed E-state index contributed by atoms with van der Waals surface area (Å²) in [6, 6.07) is 9.76. The first-order valence-electron chi connectivity index (χ1n) is 8.57. The molecule has 0 saturated heterocycles. The Morgan fingerprint density at radius 1 is 1.00 bits per heavy atom. The Balaban J connectivity index is 1.88.